The zero-order valence-electron chi connectivity index (χ0n) is 10.7. The van der Waals surface area contributed by atoms with Crippen molar-refractivity contribution in [3.63, 3.8) is 0 Å². The molecule has 0 spiro atoms. The minimum absolute atomic E-state index is 0.0777. The van der Waals surface area contributed by atoms with Gasteiger partial charge in [0.2, 0.25) is 5.88 Å². The summed E-state index contributed by atoms with van der Waals surface area (Å²) in [4.78, 5) is 0. The minimum atomic E-state index is -4.53. The van der Waals surface area contributed by atoms with E-state index in [2.05, 4.69) is 5.10 Å². The normalized spacial score (nSPS) is 11.7. The van der Waals surface area contributed by atoms with Gasteiger partial charge in [-0.15, -0.1) is 5.10 Å². The van der Waals surface area contributed by atoms with Gasteiger partial charge in [0.25, 0.3) is 0 Å². The predicted molar refractivity (Wildman–Crippen MR) is 65.7 cm³/mol. The summed E-state index contributed by atoms with van der Waals surface area (Å²) in [6.07, 6.45) is -4.53. The van der Waals surface area contributed by atoms with Crippen molar-refractivity contribution in [2.45, 2.75) is 19.7 Å². The van der Waals surface area contributed by atoms with E-state index in [9.17, 15) is 13.2 Å². The van der Waals surface area contributed by atoms with E-state index in [0.29, 0.717) is 5.56 Å². The molecular weight excluding hydrogens is 273 g/mol. The van der Waals surface area contributed by atoms with Gasteiger partial charge in [0, 0.05) is 6.07 Å². The molecule has 20 heavy (non-hydrogen) atoms. The quantitative estimate of drug-likeness (QED) is 0.940. The highest BCUT2D eigenvalue weighted by atomic mass is 19.4. The number of benzene rings is 1. The highest BCUT2D eigenvalue weighted by molar-refractivity contribution is 5.37. The molecule has 0 unspecified atom stereocenters. The van der Waals surface area contributed by atoms with E-state index in [4.69, 9.17) is 9.84 Å². The molecule has 1 N–H and O–H groups in total. The summed E-state index contributed by atoms with van der Waals surface area (Å²) >= 11 is 0. The van der Waals surface area contributed by atoms with Crippen LogP contribution in [-0.4, -0.2) is 21.5 Å². The number of hydrogen-bond donors (Lipinski definition) is 1. The summed E-state index contributed by atoms with van der Waals surface area (Å²) in [6, 6.07) is 6.87. The van der Waals surface area contributed by atoms with Crippen LogP contribution >= 0.6 is 0 Å². The van der Waals surface area contributed by atoms with Crippen LogP contribution in [0.15, 0.2) is 30.3 Å². The zero-order valence-corrected chi connectivity index (χ0v) is 10.7. The second-order valence-corrected chi connectivity index (χ2v) is 4.03. The van der Waals surface area contributed by atoms with Gasteiger partial charge in [-0.25, -0.2) is 4.68 Å². The second-order valence-electron chi connectivity index (χ2n) is 4.03. The lowest BCUT2D eigenvalue weighted by Crippen LogP contribution is -2.13. The highest BCUT2D eigenvalue weighted by Crippen LogP contribution is 2.33. The van der Waals surface area contributed by atoms with Gasteiger partial charge in [-0.05, 0) is 24.6 Å². The number of rotatable bonds is 4. The van der Waals surface area contributed by atoms with Gasteiger partial charge < -0.3 is 9.84 Å². The number of nitrogens with zero attached hydrogens (tertiary/aromatic N) is 2. The number of aliphatic hydroxyl groups is 1. The Bertz CT molecular complexity index is 576. The van der Waals surface area contributed by atoms with Gasteiger partial charge in [-0.1, -0.05) is 12.1 Å². The van der Waals surface area contributed by atoms with Crippen LogP contribution < -0.4 is 4.74 Å². The van der Waals surface area contributed by atoms with E-state index >= 15 is 0 Å². The van der Waals surface area contributed by atoms with Crippen LogP contribution in [0.5, 0.6) is 5.88 Å². The fraction of sp³-hybridized carbons (Fsp3) is 0.308. The standard InChI is InChI=1S/C13H13F3N2O2/c1-2-20-12-7-11(13(14,15)16)18(17-12)10-5-3-9(8-19)4-6-10/h3-7,19H,2,8H2,1H3. The largest absolute Gasteiger partial charge is 0.477 e. The number of ether oxygens (including phenoxy) is 1. The van der Waals surface area contributed by atoms with Crippen LogP contribution in [0, 0.1) is 0 Å². The van der Waals surface area contributed by atoms with Crippen molar-refractivity contribution in [1.82, 2.24) is 9.78 Å². The number of aromatic nitrogens is 2. The summed E-state index contributed by atoms with van der Waals surface area (Å²) in [7, 11) is 0. The minimum Gasteiger partial charge on any atom is -0.477 e. The molecule has 2 rings (SSSR count). The Balaban J connectivity index is 2.47. The number of halogens is 3. The van der Waals surface area contributed by atoms with Gasteiger partial charge in [0.15, 0.2) is 5.69 Å². The van der Waals surface area contributed by atoms with Crippen LogP contribution in [0.2, 0.25) is 0 Å². The molecule has 0 aliphatic rings. The van der Waals surface area contributed by atoms with Crippen LogP contribution in [0.1, 0.15) is 18.2 Å². The van der Waals surface area contributed by atoms with Crippen molar-refractivity contribution >= 4 is 0 Å². The van der Waals surface area contributed by atoms with Crippen LogP contribution in [0.25, 0.3) is 5.69 Å². The molecule has 7 heteroatoms. The molecule has 0 amide bonds. The van der Waals surface area contributed by atoms with Crippen molar-refractivity contribution in [3.05, 3.63) is 41.6 Å². The summed E-state index contributed by atoms with van der Waals surface area (Å²) in [5.74, 6) is -0.0777. The lowest BCUT2D eigenvalue weighted by Gasteiger charge is -2.10. The predicted octanol–water partition coefficient (Wildman–Crippen LogP) is 2.78. The Morgan fingerprint density at radius 2 is 1.90 bits per heavy atom. The molecule has 4 nitrogen and oxygen atoms in total. The first-order valence-electron chi connectivity index (χ1n) is 5.96. The third kappa shape index (κ3) is 2.93. The molecule has 1 aromatic carbocycles. The third-order valence-corrected chi connectivity index (χ3v) is 2.63. The van der Waals surface area contributed by atoms with E-state index < -0.39 is 11.9 Å². The average Bonchev–Trinajstić information content (AvgIpc) is 2.83. The molecule has 0 bridgehead atoms. The maximum atomic E-state index is 13.0. The van der Waals surface area contributed by atoms with Crippen LogP contribution in [0.4, 0.5) is 13.2 Å². The third-order valence-electron chi connectivity index (χ3n) is 2.63. The molecule has 0 saturated heterocycles. The van der Waals surface area contributed by atoms with E-state index in [1.807, 2.05) is 0 Å². The van der Waals surface area contributed by atoms with Crippen molar-refractivity contribution in [2.24, 2.45) is 0 Å². The van der Waals surface area contributed by atoms with Crippen molar-refractivity contribution in [3.8, 4) is 11.6 Å². The smallest absolute Gasteiger partial charge is 0.433 e. The Hall–Kier alpha value is -2.02. The number of aliphatic hydroxyl groups excluding tert-OH is 1. The van der Waals surface area contributed by atoms with E-state index in [-0.39, 0.29) is 24.8 Å². The summed E-state index contributed by atoms with van der Waals surface area (Å²) in [5, 5.41) is 12.7. The molecule has 108 valence electrons. The number of alkyl halides is 3. The topological polar surface area (TPSA) is 47.3 Å². The Labute approximate surface area is 113 Å². The van der Waals surface area contributed by atoms with Crippen molar-refractivity contribution in [2.75, 3.05) is 6.61 Å². The zero-order chi connectivity index (χ0) is 14.8. The first-order valence-corrected chi connectivity index (χ1v) is 5.96. The molecule has 0 atom stereocenters. The van der Waals surface area contributed by atoms with Crippen molar-refractivity contribution in [1.29, 1.82) is 0 Å². The van der Waals surface area contributed by atoms with E-state index in [0.717, 1.165) is 10.7 Å². The number of hydrogen-bond acceptors (Lipinski definition) is 3. The van der Waals surface area contributed by atoms with Gasteiger partial charge in [-0.2, -0.15) is 13.2 Å². The summed E-state index contributed by atoms with van der Waals surface area (Å²) in [6.45, 7) is 1.73. The average molecular weight is 286 g/mol. The first kappa shape index (κ1) is 14.4. The van der Waals surface area contributed by atoms with Crippen molar-refractivity contribution < 1.29 is 23.0 Å². The molecule has 2 aromatic rings. The van der Waals surface area contributed by atoms with Gasteiger partial charge in [0.1, 0.15) is 0 Å². The lowest BCUT2D eigenvalue weighted by atomic mass is 10.2. The molecule has 0 saturated carbocycles. The summed E-state index contributed by atoms with van der Waals surface area (Å²) in [5.41, 5.74) is -0.0438. The van der Waals surface area contributed by atoms with Gasteiger partial charge >= 0.3 is 6.18 Å². The maximum Gasteiger partial charge on any atom is 0.433 e. The SMILES string of the molecule is CCOc1cc(C(F)(F)F)n(-c2ccc(CO)cc2)n1. The molecule has 1 aromatic heterocycles. The molecule has 0 fully saturated rings. The first-order chi connectivity index (χ1) is 9.45. The van der Waals surface area contributed by atoms with Crippen LogP contribution in [-0.2, 0) is 12.8 Å². The Morgan fingerprint density at radius 1 is 1.25 bits per heavy atom. The summed E-state index contributed by atoms with van der Waals surface area (Å²) < 4.78 is 44.7. The molecule has 0 aliphatic carbocycles. The lowest BCUT2D eigenvalue weighted by molar-refractivity contribution is -0.142. The fourth-order valence-electron chi connectivity index (χ4n) is 1.72. The molecule has 0 aliphatic heterocycles. The molecule has 0 radical (unpaired) electrons. The molecule has 1 heterocycles. The van der Waals surface area contributed by atoms with Gasteiger partial charge in [0.05, 0.1) is 18.9 Å². The van der Waals surface area contributed by atoms with E-state index in [1.165, 1.54) is 24.3 Å². The maximum absolute atomic E-state index is 13.0. The second kappa shape index (κ2) is 5.54. The fourth-order valence-corrected chi connectivity index (χ4v) is 1.72. The van der Waals surface area contributed by atoms with Crippen LogP contribution in [0.3, 0.4) is 0 Å². The Morgan fingerprint density at radius 3 is 2.40 bits per heavy atom. The highest BCUT2D eigenvalue weighted by Gasteiger charge is 2.36. The Kier molecular flexibility index (Phi) is 3.99. The van der Waals surface area contributed by atoms with Gasteiger partial charge in [-0.3, -0.25) is 0 Å². The monoisotopic (exact) mass is 286 g/mol. The van der Waals surface area contributed by atoms with E-state index in [1.54, 1.807) is 6.92 Å². The molecular formula is C13H13F3N2O2.